The van der Waals surface area contributed by atoms with Crippen LogP contribution >= 0.6 is 0 Å². The van der Waals surface area contributed by atoms with Crippen molar-refractivity contribution in [3.8, 4) is 24.3 Å². The summed E-state index contributed by atoms with van der Waals surface area (Å²) in [6.45, 7) is 5.63. The van der Waals surface area contributed by atoms with Gasteiger partial charge in [-0.05, 0) is 26.3 Å². The van der Waals surface area contributed by atoms with E-state index in [4.69, 9.17) is 21.0 Å². The SMILES string of the molecule is C=CC(C)=O.CC(=O)CCC(C#N)(C#N)CC(F)(F)C(F)(F)C(F)(F)C(F)F.N#CC(C#N)CC(F)(F)C(F)(F)C(F)(F)C(F)F. The van der Waals surface area contributed by atoms with Crippen molar-refractivity contribution >= 4 is 11.6 Å². The highest BCUT2D eigenvalue weighted by Gasteiger charge is 2.77. The van der Waals surface area contributed by atoms with E-state index in [0.29, 0.717) is 0 Å². The minimum Gasteiger partial charge on any atom is -0.300 e. The van der Waals surface area contributed by atoms with E-state index >= 15 is 0 Å². The summed E-state index contributed by atoms with van der Waals surface area (Å²) in [6.07, 6.45) is -15.1. The van der Waals surface area contributed by atoms with Crippen LogP contribution in [0.5, 0.6) is 0 Å². The molecule has 0 atom stereocenters. The van der Waals surface area contributed by atoms with E-state index in [2.05, 4.69) is 6.58 Å². The van der Waals surface area contributed by atoms with E-state index in [1.807, 2.05) is 0 Å². The lowest BCUT2D eigenvalue weighted by Crippen LogP contribution is -2.58. The third-order valence-corrected chi connectivity index (χ3v) is 5.22. The molecule has 0 aromatic carbocycles. The second-order valence-electron chi connectivity index (χ2n) is 8.92. The maximum atomic E-state index is 13.5. The van der Waals surface area contributed by atoms with Crippen molar-refractivity contribution in [3.63, 3.8) is 0 Å². The number of hydrogen-bond donors (Lipinski definition) is 0. The van der Waals surface area contributed by atoms with Crippen molar-refractivity contribution in [1.82, 2.24) is 0 Å². The van der Waals surface area contributed by atoms with Crippen molar-refractivity contribution in [2.75, 3.05) is 0 Å². The van der Waals surface area contributed by atoms with Crippen molar-refractivity contribution in [2.24, 2.45) is 11.3 Å². The molecule has 22 heteroatoms. The standard InChI is InChI=1S/C12H10F8N2O.C8H4F8N2.C4H6O/c1-7(23)2-3-9(5-21,6-22)4-10(15,16)12(19,20)11(17,18)8(13)14;9-5(10)7(13,14)8(15,16)6(11,12)1-4(2-17)3-18;1-3-4(2)5/h8H,2-4H2,1H3;4-5H,1H2;3H,1H2,2H3. The average Bonchev–Trinajstić information content (AvgIpc) is 2.93. The molecule has 0 aliphatic heterocycles. The predicted molar refractivity (Wildman–Crippen MR) is 120 cm³/mol. The Morgan fingerprint density at radius 1 is 0.696 bits per heavy atom. The van der Waals surface area contributed by atoms with Crippen molar-refractivity contribution in [2.45, 2.75) is 87.9 Å². The topological polar surface area (TPSA) is 129 Å². The number of halogens is 16. The van der Waals surface area contributed by atoms with Crippen LogP contribution < -0.4 is 0 Å². The molecule has 0 unspecified atom stereocenters. The molecular formula is C24H20F16N4O2. The molecule has 0 aromatic heterocycles. The molecular weight excluding hydrogens is 680 g/mol. The third kappa shape index (κ3) is 11.4. The van der Waals surface area contributed by atoms with Crippen LogP contribution in [0.4, 0.5) is 70.2 Å². The van der Waals surface area contributed by atoms with Gasteiger partial charge in [0.25, 0.3) is 0 Å². The van der Waals surface area contributed by atoms with Gasteiger partial charge in [0, 0.05) is 19.3 Å². The van der Waals surface area contributed by atoms with Crippen LogP contribution in [0.1, 0.15) is 39.5 Å². The highest BCUT2D eigenvalue weighted by molar-refractivity contribution is 5.86. The fraction of sp³-hybridized carbons (Fsp3) is 0.667. The summed E-state index contributed by atoms with van der Waals surface area (Å²) >= 11 is 0. The maximum absolute atomic E-state index is 13.5. The van der Waals surface area contributed by atoms with Gasteiger partial charge in [-0.2, -0.15) is 73.7 Å². The number of allylic oxidation sites excluding steroid dienone is 1. The molecule has 0 aliphatic carbocycles. The van der Waals surface area contributed by atoms with Crippen LogP contribution in [0.25, 0.3) is 0 Å². The molecule has 6 nitrogen and oxygen atoms in total. The highest BCUT2D eigenvalue weighted by Crippen LogP contribution is 2.53. The van der Waals surface area contributed by atoms with Crippen molar-refractivity contribution < 1.29 is 79.8 Å². The van der Waals surface area contributed by atoms with E-state index in [9.17, 15) is 79.8 Å². The van der Waals surface area contributed by atoms with Crippen LogP contribution in [-0.4, -0.2) is 60.0 Å². The molecule has 0 saturated carbocycles. The Morgan fingerprint density at radius 3 is 1.26 bits per heavy atom. The van der Waals surface area contributed by atoms with Gasteiger partial charge in [0.1, 0.15) is 17.1 Å². The number of Topliss-reactive ketones (excluding diaryl/α,β-unsaturated/α-hetero) is 1. The largest absolute Gasteiger partial charge is 0.377 e. The summed E-state index contributed by atoms with van der Waals surface area (Å²) in [4.78, 5) is 20.5. The molecule has 46 heavy (non-hydrogen) atoms. The Kier molecular flexibility index (Phi) is 17.1. The van der Waals surface area contributed by atoms with Gasteiger partial charge >= 0.3 is 48.4 Å². The highest BCUT2D eigenvalue weighted by atomic mass is 19.4. The number of ketones is 2. The fourth-order valence-electron chi connectivity index (χ4n) is 2.45. The van der Waals surface area contributed by atoms with E-state index in [1.165, 1.54) is 13.0 Å². The van der Waals surface area contributed by atoms with E-state index in [0.717, 1.165) is 31.2 Å². The Labute approximate surface area is 249 Å². The number of rotatable bonds is 14. The molecule has 0 bridgehead atoms. The van der Waals surface area contributed by atoms with Crippen LogP contribution in [-0.2, 0) is 9.59 Å². The van der Waals surface area contributed by atoms with E-state index < -0.39 is 91.2 Å². The molecule has 0 fully saturated rings. The average molecular weight is 700 g/mol. The Morgan fingerprint density at radius 2 is 1.02 bits per heavy atom. The van der Waals surface area contributed by atoms with Gasteiger partial charge in [-0.15, -0.1) is 0 Å². The molecule has 0 N–H and O–H groups in total. The minimum atomic E-state index is -6.50. The number of nitriles is 4. The normalized spacial score (nSPS) is 12.8. The van der Waals surface area contributed by atoms with Crippen molar-refractivity contribution in [1.29, 1.82) is 21.0 Å². The second kappa shape index (κ2) is 17.0. The zero-order valence-electron chi connectivity index (χ0n) is 23.0. The van der Waals surface area contributed by atoms with Gasteiger partial charge in [0.05, 0.1) is 24.3 Å². The number of hydrogen-bond acceptors (Lipinski definition) is 6. The maximum Gasteiger partial charge on any atom is 0.377 e. The van der Waals surface area contributed by atoms with Crippen LogP contribution in [0.15, 0.2) is 12.7 Å². The first-order valence-electron chi connectivity index (χ1n) is 11.5. The molecule has 0 saturated heterocycles. The summed E-state index contributed by atoms with van der Waals surface area (Å²) in [7, 11) is 0. The summed E-state index contributed by atoms with van der Waals surface area (Å²) < 4.78 is 202. The molecule has 0 spiro atoms. The Balaban J connectivity index is -0.000000714. The third-order valence-electron chi connectivity index (χ3n) is 5.22. The number of carbonyl (C=O) groups is 2. The van der Waals surface area contributed by atoms with Gasteiger partial charge in [-0.25, -0.2) is 17.6 Å². The zero-order valence-corrected chi connectivity index (χ0v) is 23.0. The van der Waals surface area contributed by atoms with E-state index in [-0.39, 0.29) is 5.78 Å². The van der Waals surface area contributed by atoms with Crippen LogP contribution in [0.3, 0.4) is 0 Å². The van der Waals surface area contributed by atoms with Gasteiger partial charge in [-0.1, -0.05) is 6.58 Å². The molecule has 0 amide bonds. The summed E-state index contributed by atoms with van der Waals surface area (Å²) in [5, 5.41) is 33.6. The second-order valence-corrected chi connectivity index (χ2v) is 8.92. The van der Waals surface area contributed by atoms with Crippen molar-refractivity contribution in [3.05, 3.63) is 12.7 Å². The monoisotopic (exact) mass is 700 g/mol. The first kappa shape index (κ1) is 46.3. The first-order chi connectivity index (χ1) is 20.4. The lowest BCUT2D eigenvalue weighted by atomic mass is 9.78. The fourth-order valence-corrected chi connectivity index (χ4v) is 2.45. The molecule has 260 valence electrons. The molecule has 0 heterocycles. The van der Waals surface area contributed by atoms with E-state index in [1.54, 1.807) is 0 Å². The van der Waals surface area contributed by atoms with Gasteiger partial charge in [-0.3, -0.25) is 4.79 Å². The van der Waals surface area contributed by atoms with Gasteiger partial charge in [0.15, 0.2) is 5.78 Å². The van der Waals surface area contributed by atoms with Gasteiger partial charge in [0.2, 0.25) is 0 Å². The smallest absolute Gasteiger partial charge is 0.300 e. The molecule has 0 rings (SSSR count). The minimum absolute atomic E-state index is 0.0185. The van der Waals surface area contributed by atoms with Gasteiger partial charge < -0.3 is 4.79 Å². The summed E-state index contributed by atoms with van der Waals surface area (Å²) in [5.41, 5.74) is -2.91. The number of alkyl halides is 16. The Hall–Kier alpha value is -4.08. The summed E-state index contributed by atoms with van der Waals surface area (Å²) in [5.74, 6) is -39.9. The zero-order chi connectivity index (χ0) is 37.8. The quantitative estimate of drug-likeness (QED) is 0.134. The molecule has 0 aliphatic rings. The predicted octanol–water partition coefficient (Wildman–Crippen LogP) is 7.92. The lowest BCUT2D eigenvalue weighted by molar-refractivity contribution is -0.342. The Bertz CT molecular complexity index is 1200. The summed E-state index contributed by atoms with van der Waals surface area (Å²) in [6, 6.07) is 3.65. The first-order valence-corrected chi connectivity index (χ1v) is 11.5. The molecule has 0 aromatic rings. The molecule has 0 radical (unpaired) electrons. The number of nitrogens with zero attached hydrogens (tertiary/aromatic N) is 4. The lowest BCUT2D eigenvalue weighted by Gasteiger charge is -2.34. The van der Waals surface area contributed by atoms with Crippen LogP contribution in [0.2, 0.25) is 0 Å². The van der Waals surface area contributed by atoms with Crippen LogP contribution in [0, 0.1) is 56.7 Å². The number of carbonyl (C=O) groups excluding carboxylic acids is 2.